The van der Waals surface area contributed by atoms with Gasteiger partial charge in [0.15, 0.2) is 0 Å². The summed E-state index contributed by atoms with van der Waals surface area (Å²) in [6.07, 6.45) is 4.95. The van der Waals surface area contributed by atoms with E-state index in [0.29, 0.717) is 5.92 Å². The van der Waals surface area contributed by atoms with Crippen molar-refractivity contribution in [2.45, 2.75) is 59.3 Å². The first kappa shape index (κ1) is 15.9. The lowest BCUT2D eigenvalue weighted by Gasteiger charge is -2.21. The smallest absolute Gasteiger partial charge is 0.0370 e. The first-order chi connectivity index (χ1) is 8.90. The van der Waals surface area contributed by atoms with Crippen molar-refractivity contribution in [1.82, 2.24) is 0 Å². The molecule has 0 aliphatic rings. The Hall–Kier alpha value is -1.18. The van der Waals surface area contributed by atoms with Crippen molar-refractivity contribution in [3.8, 4) is 0 Å². The van der Waals surface area contributed by atoms with Gasteiger partial charge in [-0.05, 0) is 48.3 Å². The Kier molecular flexibility index (Phi) is 6.20. The quantitative estimate of drug-likeness (QED) is 0.693. The monoisotopic (exact) mass is 262 g/mol. The molecule has 0 atom stereocenters. The third kappa shape index (κ3) is 5.54. The van der Waals surface area contributed by atoms with Crippen LogP contribution in [0.4, 0.5) is 11.4 Å². The standard InChI is InChI=1S/C17H30N2/c1-12(2)5-7-14(8-6-13(3)4)16-10-9-15(18)11-17(16)19/h9-14H,5-8,18-19H2,1-4H3. The fraction of sp³-hybridized carbons (Fsp3) is 0.647. The molecule has 0 aromatic heterocycles. The summed E-state index contributed by atoms with van der Waals surface area (Å²) in [7, 11) is 0. The fourth-order valence-electron chi connectivity index (χ4n) is 2.49. The van der Waals surface area contributed by atoms with Crippen LogP contribution in [0.1, 0.15) is 64.9 Å². The second-order valence-corrected chi connectivity index (χ2v) is 6.53. The number of hydrogen-bond acceptors (Lipinski definition) is 2. The lowest BCUT2D eigenvalue weighted by molar-refractivity contribution is 0.442. The largest absolute Gasteiger partial charge is 0.399 e. The van der Waals surface area contributed by atoms with Gasteiger partial charge >= 0.3 is 0 Å². The summed E-state index contributed by atoms with van der Waals surface area (Å²) >= 11 is 0. The van der Waals surface area contributed by atoms with Crippen molar-refractivity contribution >= 4 is 11.4 Å². The minimum Gasteiger partial charge on any atom is -0.399 e. The molecule has 0 fully saturated rings. The maximum Gasteiger partial charge on any atom is 0.0370 e. The molecule has 2 nitrogen and oxygen atoms in total. The van der Waals surface area contributed by atoms with Gasteiger partial charge in [-0.25, -0.2) is 0 Å². The Bertz CT molecular complexity index is 371. The molecular weight excluding hydrogens is 232 g/mol. The number of anilines is 2. The summed E-state index contributed by atoms with van der Waals surface area (Å²) in [5.74, 6) is 2.07. The number of rotatable bonds is 7. The van der Waals surface area contributed by atoms with Crippen molar-refractivity contribution in [3.05, 3.63) is 23.8 Å². The molecule has 0 spiro atoms. The second kappa shape index (κ2) is 7.42. The van der Waals surface area contributed by atoms with Crippen LogP contribution in [0, 0.1) is 11.8 Å². The topological polar surface area (TPSA) is 52.0 Å². The molecule has 0 radical (unpaired) electrons. The predicted molar refractivity (Wildman–Crippen MR) is 86.2 cm³/mol. The van der Waals surface area contributed by atoms with Gasteiger partial charge < -0.3 is 11.5 Å². The summed E-state index contributed by atoms with van der Waals surface area (Å²) in [4.78, 5) is 0. The molecule has 2 heteroatoms. The molecule has 0 saturated carbocycles. The highest BCUT2D eigenvalue weighted by atomic mass is 14.6. The first-order valence-electron chi connectivity index (χ1n) is 7.55. The minimum atomic E-state index is 0.574. The summed E-state index contributed by atoms with van der Waals surface area (Å²) in [5, 5.41) is 0. The van der Waals surface area contributed by atoms with E-state index in [1.807, 2.05) is 12.1 Å². The lowest BCUT2D eigenvalue weighted by Crippen LogP contribution is -2.07. The molecule has 0 saturated heterocycles. The SMILES string of the molecule is CC(C)CCC(CCC(C)C)c1ccc(N)cc1N. The first-order valence-corrected chi connectivity index (χ1v) is 7.55. The van der Waals surface area contributed by atoms with Crippen molar-refractivity contribution in [3.63, 3.8) is 0 Å². The number of nitrogen functional groups attached to an aromatic ring is 2. The van der Waals surface area contributed by atoms with Crippen molar-refractivity contribution in [1.29, 1.82) is 0 Å². The Morgan fingerprint density at radius 2 is 1.37 bits per heavy atom. The van der Waals surface area contributed by atoms with Crippen molar-refractivity contribution in [2.75, 3.05) is 11.5 Å². The van der Waals surface area contributed by atoms with Crippen LogP contribution in [0.3, 0.4) is 0 Å². The molecule has 0 aliphatic heterocycles. The maximum absolute atomic E-state index is 6.16. The molecule has 0 heterocycles. The molecule has 0 aliphatic carbocycles. The number of nitrogens with two attached hydrogens (primary N) is 2. The van der Waals surface area contributed by atoms with Crippen LogP contribution in [0.15, 0.2) is 18.2 Å². The normalized spacial score (nSPS) is 11.7. The summed E-state index contributed by atoms with van der Waals surface area (Å²) in [5.41, 5.74) is 14.9. The third-order valence-corrected chi connectivity index (χ3v) is 3.74. The summed E-state index contributed by atoms with van der Waals surface area (Å²) in [6, 6.07) is 5.99. The average molecular weight is 262 g/mol. The van der Waals surface area contributed by atoms with Gasteiger partial charge in [-0.2, -0.15) is 0 Å². The van der Waals surface area contributed by atoms with Crippen LogP contribution in [-0.4, -0.2) is 0 Å². The number of hydrogen-bond donors (Lipinski definition) is 2. The zero-order valence-electron chi connectivity index (χ0n) is 12.9. The second-order valence-electron chi connectivity index (χ2n) is 6.53. The lowest BCUT2D eigenvalue weighted by atomic mass is 9.85. The minimum absolute atomic E-state index is 0.574. The van der Waals surface area contributed by atoms with E-state index in [-0.39, 0.29) is 0 Å². The van der Waals surface area contributed by atoms with Gasteiger partial charge in [0.2, 0.25) is 0 Å². The van der Waals surface area contributed by atoms with E-state index < -0.39 is 0 Å². The van der Waals surface area contributed by atoms with Crippen LogP contribution < -0.4 is 11.5 Å². The van der Waals surface area contributed by atoms with E-state index in [1.165, 1.54) is 31.2 Å². The highest BCUT2D eigenvalue weighted by Crippen LogP contribution is 2.33. The summed E-state index contributed by atoms with van der Waals surface area (Å²) < 4.78 is 0. The highest BCUT2D eigenvalue weighted by molar-refractivity contribution is 5.57. The molecule has 19 heavy (non-hydrogen) atoms. The van der Waals surface area contributed by atoms with E-state index in [0.717, 1.165) is 23.2 Å². The Morgan fingerprint density at radius 1 is 0.842 bits per heavy atom. The van der Waals surface area contributed by atoms with Gasteiger partial charge in [0.1, 0.15) is 0 Å². The van der Waals surface area contributed by atoms with E-state index in [2.05, 4.69) is 33.8 Å². The molecule has 0 unspecified atom stereocenters. The molecule has 108 valence electrons. The molecular formula is C17H30N2. The van der Waals surface area contributed by atoms with E-state index in [9.17, 15) is 0 Å². The Balaban J connectivity index is 2.81. The molecule has 0 amide bonds. The van der Waals surface area contributed by atoms with Crippen molar-refractivity contribution in [2.24, 2.45) is 11.8 Å². The van der Waals surface area contributed by atoms with Gasteiger partial charge in [-0.1, -0.05) is 46.6 Å². The van der Waals surface area contributed by atoms with E-state index >= 15 is 0 Å². The van der Waals surface area contributed by atoms with Gasteiger partial charge in [0, 0.05) is 11.4 Å². The van der Waals surface area contributed by atoms with Crippen LogP contribution in [0.5, 0.6) is 0 Å². The Labute approximate surface area is 118 Å². The Morgan fingerprint density at radius 3 is 1.79 bits per heavy atom. The zero-order chi connectivity index (χ0) is 14.4. The van der Waals surface area contributed by atoms with Gasteiger partial charge in [-0.3, -0.25) is 0 Å². The van der Waals surface area contributed by atoms with Crippen LogP contribution >= 0.6 is 0 Å². The maximum atomic E-state index is 6.16. The molecule has 4 N–H and O–H groups in total. The van der Waals surface area contributed by atoms with Crippen molar-refractivity contribution < 1.29 is 0 Å². The highest BCUT2D eigenvalue weighted by Gasteiger charge is 2.15. The van der Waals surface area contributed by atoms with Crippen LogP contribution in [0.25, 0.3) is 0 Å². The van der Waals surface area contributed by atoms with Gasteiger partial charge in [0.05, 0.1) is 0 Å². The molecule has 1 aromatic carbocycles. The third-order valence-electron chi connectivity index (χ3n) is 3.74. The fourth-order valence-corrected chi connectivity index (χ4v) is 2.49. The van der Waals surface area contributed by atoms with Crippen LogP contribution in [-0.2, 0) is 0 Å². The van der Waals surface area contributed by atoms with Crippen LogP contribution in [0.2, 0.25) is 0 Å². The van der Waals surface area contributed by atoms with Gasteiger partial charge in [0.25, 0.3) is 0 Å². The van der Waals surface area contributed by atoms with E-state index in [1.54, 1.807) is 0 Å². The number of benzene rings is 1. The molecule has 1 aromatic rings. The van der Waals surface area contributed by atoms with E-state index in [4.69, 9.17) is 11.5 Å². The molecule has 1 rings (SSSR count). The zero-order valence-corrected chi connectivity index (χ0v) is 12.9. The predicted octanol–water partition coefficient (Wildman–Crippen LogP) is 4.81. The molecule has 0 bridgehead atoms. The van der Waals surface area contributed by atoms with Gasteiger partial charge in [-0.15, -0.1) is 0 Å². The summed E-state index contributed by atoms with van der Waals surface area (Å²) in [6.45, 7) is 9.13. The average Bonchev–Trinajstić information content (AvgIpc) is 2.30.